The van der Waals surface area contributed by atoms with E-state index in [0.717, 1.165) is 89.0 Å². The average molecular weight is 905 g/mol. The first kappa shape index (κ1) is 41.7. The fraction of sp³-hybridized carbons (Fsp3) is 0. The van der Waals surface area contributed by atoms with Gasteiger partial charge in [0, 0.05) is 27.5 Å². The summed E-state index contributed by atoms with van der Waals surface area (Å²) in [5, 5.41) is 4.65. The Morgan fingerprint density at radius 3 is 1.25 bits per heavy atom. The van der Waals surface area contributed by atoms with Crippen LogP contribution in [0.2, 0.25) is 0 Å². The highest BCUT2D eigenvalue weighted by atomic mass is 16.3. The largest absolute Gasteiger partial charge is 0.456 e. The molecule has 3 nitrogen and oxygen atoms in total. The lowest BCUT2D eigenvalue weighted by Gasteiger charge is -2.19. The molecule has 2 heterocycles. The molecule has 0 bridgehead atoms. The maximum atomic E-state index is 6.48. The van der Waals surface area contributed by atoms with E-state index in [2.05, 4.69) is 243 Å². The molecule has 13 rings (SSSR count). The van der Waals surface area contributed by atoms with Gasteiger partial charge in [0.1, 0.15) is 11.2 Å². The molecule has 332 valence electrons. The molecule has 0 amide bonds. The van der Waals surface area contributed by atoms with Gasteiger partial charge < -0.3 is 4.42 Å². The molecule has 0 saturated heterocycles. The summed E-state index contributed by atoms with van der Waals surface area (Å²) in [4.78, 5) is 10.2. The van der Waals surface area contributed by atoms with Gasteiger partial charge in [0.15, 0.2) is 5.82 Å². The van der Waals surface area contributed by atoms with Crippen LogP contribution in [-0.2, 0) is 0 Å². The van der Waals surface area contributed by atoms with Crippen molar-refractivity contribution in [3.8, 4) is 101 Å². The molecule has 3 heteroatoms. The van der Waals surface area contributed by atoms with Crippen LogP contribution >= 0.6 is 0 Å². The summed E-state index contributed by atoms with van der Waals surface area (Å²) in [5.74, 6) is 0.698. The van der Waals surface area contributed by atoms with Crippen LogP contribution in [0.5, 0.6) is 0 Å². The third-order valence-corrected chi connectivity index (χ3v) is 13.7. The Bertz CT molecular complexity index is 4030. The quantitative estimate of drug-likeness (QED) is 0.145. The summed E-state index contributed by atoms with van der Waals surface area (Å²) < 4.78 is 6.48. The normalized spacial score (nSPS) is 11.4. The molecule has 0 N–H and O–H groups in total. The van der Waals surface area contributed by atoms with E-state index in [-0.39, 0.29) is 0 Å². The van der Waals surface area contributed by atoms with Gasteiger partial charge in [-0.15, -0.1) is 0 Å². The van der Waals surface area contributed by atoms with Gasteiger partial charge in [0.05, 0.1) is 11.4 Å². The minimum absolute atomic E-state index is 0.698. The second-order valence-corrected chi connectivity index (χ2v) is 18.1. The van der Waals surface area contributed by atoms with Crippen molar-refractivity contribution >= 4 is 32.7 Å². The molecule has 0 aliphatic carbocycles. The molecule has 0 aliphatic heterocycles. The molecule has 0 spiro atoms. The lowest BCUT2D eigenvalue weighted by atomic mass is 9.84. The van der Waals surface area contributed by atoms with Gasteiger partial charge >= 0.3 is 0 Å². The first-order chi connectivity index (χ1) is 35.2. The topological polar surface area (TPSA) is 38.9 Å². The van der Waals surface area contributed by atoms with Crippen LogP contribution in [0.4, 0.5) is 0 Å². The molecule has 0 radical (unpaired) electrons. The molecular formula is C68H44N2O. The van der Waals surface area contributed by atoms with Crippen LogP contribution in [0.1, 0.15) is 0 Å². The molecule has 0 aliphatic rings. The SMILES string of the molecule is c1ccc(-c2ccc(-c3cc(-c4ccc(-c5ccc(-c6cc(-c7ccccc7)cc(-c7ccc8oc9ccc%10ccccc%10c9c8c7)c6-c6ccccc6)cc5)cc4)nc(-c4ccccc4)n3)cc2)cc1. The zero-order valence-electron chi connectivity index (χ0n) is 38.7. The van der Waals surface area contributed by atoms with E-state index in [1.165, 1.54) is 38.6 Å². The Kier molecular flexibility index (Phi) is 10.5. The van der Waals surface area contributed by atoms with Crippen LogP contribution in [0.3, 0.4) is 0 Å². The Labute approximate surface area is 412 Å². The number of furan rings is 1. The minimum Gasteiger partial charge on any atom is -0.456 e. The minimum atomic E-state index is 0.698. The van der Waals surface area contributed by atoms with E-state index in [9.17, 15) is 0 Å². The molecule has 0 unspecified atom stereocenters. The number of fused-ring (bicyclic) bond motifs is 5. The molecule has 13 aromatic rings. The van der Waals surface area contributed by atoms with Gasteiger partial charge in [-0.2, -0.15) is 0 Å². The predicted molar refractivity (Wildman–Crippen MR) is 296 cm³/mol. The molecule has 11 aromatic carbocycles. The number of hydrogen-bond donors (Lipinski definition) is 0. The van der Waals surface area contributed by atoms with Crippen molar-refractivity contribution in [2.24, 2.45) is 0 Å². The van der Waals surface area contributed by atoms with Crippen LogP contribution in [0, 0.1) is 0 Å². The number of benzene rings is 11. The van der Waals surface area contributed by atoms with Crippen LogP contribution < -0.4 is 0 Å². The number of hydrogen-bond acceptors (Lipinski definition) is 3. The lowest BCUT2D eigenvalue weighted by molar-refractivity contribution is 0.669. The molecule has 0 atom stereocenters. The van der Waals surface area contributed by atoms with E-state index >= 15 is 0 Å². The van der Waals surface area contributed by atoms with E-state index in [4.69, 9.17) is 14.4 Å². The van der Waals surface area contributed by atoms with Crippen molar-refractivity contribution in [1.82, 2.24) is 9.97 Å². The van der Waals surface area contributed by atoms with Crippen LogP contribution in [0.25, 0.3) is 133 Å². The fourth-order valence-electron chi connectivity index (χ4n) is 10.1. The summed E-state index contributed by atoms with van der Waals surface area (Å²) in [7, 11) is 0. The van der Waals surface area contributed by atoms with Crippen molar-refractivity contribution in [3.63, 3.8) is 0 Å². The van der Waals surface area contributed by atoms with Gasteiger partial charge in [0.2, 0.25) is 0 Å². The van der Waals surface area contributed by atoms with Crippen molar-refractivity contribution < 1.29 is 4.42 Å². The second-order valence-electron chi connectivity index (χ2n) is 18.1. The zero-order chi connectivity index (χ0) is 47.1. The van der Waals surface area contributed by atoms with Gasteiger partial charge in [-0.05, 0) is 114 Å². The molecule has 71 heavy (non-hydrogen) atoms. The van der Waals surface area contributed by atoms with Crippen LogP contribution in [0.15, 0.2) is 271 Å². The Morgan fingerprint density at radius 1 is 0.254 bits per heavy atom. The van der Waals surface area contributed by atoms with E-state index < -0.39 is 0 Å². The van der Waals surface area contributed by atoms with Crippen molar-refractivity contribution in [3.05, 3.63) is 267 Å². The maximum absolute atomic E-state index is 6.48. The van der Waals surface area contributed by atoms with Gasteiger partial charge in [-0.25, -0.2) is 9.97 Å². The zero-order valence-corrected chi connectivity index (χ0v) is 38.7. The second kappa shape index (κ2) is 17.9. The summed E-state index contributed by atoms with van der Waals surface area (Å²) >= 11 is 0. The van der Waals surface area contributed by atoms with Gasteiger partial charge in [-0.3, -0.25) is 0 Å². The summed E-state index contributed by atoms with van der Waals surface area (Å²) in [6.07, 6.45) is 0. The third kappa shape index (κ3) is 7.96. The Morgan fingerprint density at radius 2 is 0.676 bits per heavy atom. The highest BCUT2D eigenvalue weighted by Gasteiger charge is 2.20. The van der Waals surface area contributed by atoms with Gasteiger partial charge in [0.25, 0.3) is 0 Å². The predicted octanol–water partition coefficient (Wildman–Crippen LogP) is 18.5. The monoisotopic (exact) mass is 904 g/mol. The first-order valence-electron chi connectivity index (χ1n) is 24.1. The lowest BCUT2D eigenvalue weighted by Crippen LogP contribution is -1.96. The Balaban J connectivity index is 0.890. The third-order valence-electron chi connectivity index (χ3n) is 13.7. The van der Waals surface area contributed by atoms with E-state index in [1.807, 2.05) is 24.3 Å². The average Bonchev–Trinajstić information content (AvgIpc) is 3.84. The van der Waals surface area contributed by atoms with E-state index in [1.54, 1.807) is 0 Å². The van der Waals surface area contributed by atoms with Crippen molar-refractivity contribution in [2.45, 2.75) is 0 Å². The number of aromatic nitrogens is 2. The van der Waals surface area contributed by atoms with Crippen LogP contribution in [-0.4, -0.2) is 9.97 Å². The maximum Gasteiger partial charge on any atom is 0.160 e. The summed E-state index contributed by atoms with van der Waals surface area (Å²) in [5.41, 5.74) is 20.5. The van der Waals surface area contributed by atoms with E-state index in [0.29, 0.717) is 5.82 Å². The molecular weight excluding hydrogens is 861 g/mol. The Hall–Kier alpha value is -9.44. The highest BCUT2D eigenvalue weighted by molar-refractivity contribution is 6.19. The molecule has 2 aromatic heterocycles. The summed E-state index contributed by atoms with van der Waals surface area (Å²) in [6.45, 7) is 0. The van der Waals surface area contributed by atoms with Gasteiger partial charge in [-0.1, -0.05) is 231 Å². The molecule has 0 fully saturated rings. The number of rotatable bonds is 9. The van der Waals surface area contributed by atoms with Crippen molar-refractivity contribution in [2.75, 3.05) is 0 Å². The standard InChI is InChI=1S/C68H44N2O/c1-5-15-45(16-6-1)47-27-33-52(34-28-47)62-44-63(70-68(69-62)55-22-11-4-12-23-55)53-35-29-49(30-36-53)48-25-31-51(32-26-48)59-42-57(46-17-7-2-8-18-46)43-60(66(59)54-20-9-3-10-21-54)56-38-39-64-61(41-56)67-58-24-14-13-19-50(58)37-40-65(67)71-64/h1-44H. The number of nitrogens with zero attached hydrogens (tertiary/aromatic N) is 2. The first-order valence-corrected chi connectivity index (χ1v) is 24.1. The summed E-state index contributed by atoms with van der Waals surface area (Å²) in [6, 6.07) is 95.0. The fourth-order valence-corrected chi connectivity index (χ4v) is 10.1. The van der Waals surface area contributed by atoms with Crippen molar-refractivity contribution in [1.29, 1.82) is 0 Å². The smallest absolute Gasteiger partial charge is 0.160 e. The highest BCUT2D eigenvalue weighted by Crippen LogP contribution is 2.46. The molecule has 0 saturated carbocycles.